The molecule has 0 aliphatic carbocycles. The van der Waals surface area contributed by atoms with E-state index in [1.165, 1.54) is 0 Å². The highest BCUT2D eigenvalue weighted by atomic mass is 35.6. The highest BCUT2D eigenvalue weighted by Crippen LogP contribution is 2.28. The fourth-order valence-electron chi connectivity index (χ4n) is 0. The quantitative estimate of drug-likeness (QED) is 0.464. The minimum Gasteiger partial charge on any atom is -0.481 e. The number of halogens is 3. The van der Waals surface area contributed by atoms with Crippen LogP contribution in [0, 0.1) is 6.92 Å². The normalized spacial score (nSPS) is 7.82. The summed E-state index contributed by atoms with van der Waals surface area (Å²) in [7, 11) is 0. The first-order valence-electron chi connectivity index (χ1n) is 5.13. The molecule has 8 nitrogen and oxygen atoms in total. The summed E-state index contributed by atoms with van der Waals surface area (Å²) in [5.41, 5.74) is 0. The average Bonchev–Trinajstić information content (AvgIpc) is 2.12. The number of alkyl halides is 3. The first kappa shape index (κ1) is 32.6. The van der Waals surface area contributed by atoms with Crippen LogP contribution in [-0.4, -0.2) is 48.1 Å². The number of rotatable bonds is 0. The molecule has 0 aliphatic rings. The Bertz CT molecular complexity index is 249. The second-order valence-corrected chi connectivity index (χ2v) is 5.46. The Balaban J connectivity index is -0.0000000555. The predicted molar refractivity (Wildman–Crippen MR) is 83.5 cm³/mol. The monoisotopic (exact) mass is 385 g/mol. The first-order chi connectivity index (χ1) is 9.49. The number of carboxylic acid groups (broad SMARTS) is 4. The molecule has 0 amide bonds. The van der Waals surface area contributed by atoms with Crippen LogP contribution in [-0.2, 0) is 19.2 Å². The van der Waals surface area contributed by atoms with Gasteiger partial charge in [-0.2, -0.15) is 0 Å². The lowest BCUT2D eigenvalue weighted by molar-refractivity contribution is -0.135. The summed E-state index contributed by atoms with van der Waals surface area (Å²) in [6.45, 7) is 7.69. The molecule has 11 heteroatoms. The van der Waals surface area contributed by atoms with Crippen LogP contribution >= 0.6 is 34.8 Å². The second kappa shape index (κ2) is 22.0. The highest BCUT2D eigenvalue weighted by molar-refractivity contribution is 6.67. The second-order valence-electron chi connectivity index (χ2n) is 2.94. The van der Waals surface area contributed by atoms with E-state index in [2.05, 4.69) is 6.92 Å². The molecule has 0 saturated heterocycles. The fourth-order valence-corrected chi connectivity index (χ4v) is 0. The zero-order chi connectivity index (χ0) is 19.5. The fraction of sp³-hybridized carbons (Fsp3) is 0.545. The lowest BCUT2D eigenvalue weighted by atomic mass is 10.6. The van der Waals surface area contributed by atoms with Gasteiger partial charge in [0.05, 0.1) is 0 Å². The Labute approximate surface area is 143 Å². The maximum absolute atomic E-state index is 9.00. The molecule has 0 saturated carbocycles. The molecule has 0 fully saturated rings. The minimum absolute atomic E-state index is 0.317. The summed E-state index contributed by atoms with van der Waals surface area (Å²) in [5.74, 6) is -3.33. The van der Waals surface area contributed by atoms with Crippen molar-refractivity contribution in [3.05, 3.63) is 6.92 Å². The summed E-state index contributed by atoms with van der Waals surface area (Å²) in [4.78, 5) is 36.0. The first-order valence-corrected chi connectivity index (χ1v) is 6.27. The van der Waals surface area contributed by atoms with Gasteiger partial charge < -0.3 is 20.4 Å². The molecule has 0 bridgehead atoms. The molecule has 0 atom stereocenters. The topological polar surface area (TPSA) is 149 Å². The summed E-state index contributed by atoms with van der Waals surface area (Å²) < 4.78 is -1.15. The van der Waals surface area contributed by atoms with E-state index < -0.39 is 27.7 Å². The van der Waals surface area contributed by atoms with Crippen molar-refractivity contribution in [1.82, 2.24) is 0 Å². The Morgan fingerprint density at radius 1 is 0.727 bits per heavy atom. The van der Waals surface area contributed by atoms with Crippen molar-refractivity contribution < 1.29 is 39.6 Å². The average molecular weight is 387 g/mol. The number of carbonyl (C=O) groups is 4. The molecular formula is C11H20Cl3O8. The number of hydrogen-bond donors (Lipinski definition) is 4. The molecule has 133 valence electrons. The molecule has 0 unspecified atom stereocenters. The number of aliphatic carboxylic acids is 4. The van der Waals surface area contributed by atoms with Gasteiger partial charge in [-0.15, -0.1) is 0 Å². The van der Waals surface area contributed by atoms with Crippen molar-refractivity contribution in [3.8, 4) is 0 Å². The van der Waals surface area contributed by atoms with Gasteiger partial charge in [0, 0.05) is 27.7 Å². The van der Waals surface area contributed by atoms with Crippen molar-refractivity contribution in [3.63, 3.8) is 0 Å². The molecule has 0 aromatic carbocycles. The van der Waals surface area contributed by atoms with Gasteiger partial charge in [0.1, 0.15) is 0 Å². The van der Waals surface area contributed by atoms with E-state index >= 15 is 0 Å². The van der Waals surface area contributed by atoms with Crippen LogP contribution in [0.1, 0.15) is 34.1 Å². The van der Waals surface area contributed by atoms with Crippen molar-refractivity contribution in [1.29, 1.82) is 0 Å². The predicted octanol–water partition coefficient (Wildman–Crippen LogP) is 2.94. The van der Waals surface area contributed by atoms with Crippen LogP contribution in [0.2, 0.25) is 0 Å². The standard InChI is InChI=1S/C3H4Cl3.4C2H4O2/c1-2-3(4,5)6;4*1-2(3)4/h1-2H2;4*1H3,(H,3,4). The van der Waals surface area contributed by atoms with Gasteiger partial charge in [-0.1, -0.05) is 34.8 Å². The van der Waals surface area contributed by atoms with Gasteiger partial charge in [-0.3, -0.25) is 19.2 Å². The summed E-state index contributed by atoms with van der Waals surface area (Å²) in [6, 6.07) is 0. The highest BCUT2D eigenvalue weighted by Gasteiger charge is 2.14. The zero-order valence-corrected chi connectivity index (χ0v) is 14.7. The Morgan fingerprint density at radius 3 is 0.773 bits per heavy atom. The van der Waals surface area contributed by atoms with E-state index in [9.17, 15) is 0 Å². The minimum atomic E-state index is -1.15. The van der Waals surface area contributed by atoms with E-state index in [1.807, 2.05) is 0 Å². The van der Waals surface area contributed by atoms with Crippen LogP contribution in [0.15, 0.2) is 0 Å². The third kappa shape index (κ3) is 1930. The van der Waals surface area contributed by atoms with Crippen molar-refractivity contribution in [2.24, 2.45) is 0 Å². The maximum Gasteiger partial charge on any atom is 0.300 e. The summed E-state index contributed by atoms with van der Waals surface area (Å²) in [5, 5.41) is 29.7. The third-order valence-corrected chi connectivity index (χ3v) is 0.850. The number of hydrogen-bond acceptors (Lipinski definition) is 4. The lowest BCUT2D eigenvalue weighted by Crippen LogP contribution is -1.96. The molecule has 0 spiro atoms. The largest absolute Gasteiger partial charge is 0.481 e. The Hall–Kier alpha value is -1.25. The van der Waals surface area contributed by atoms with E-state index in [-0.39, 0.29) is 0 Å². The zero-order valence-electron chi connectivity index (χ0n) is 12.5. The lowest BCUT2D eigenvalue weighted by Gasteiger charge is -2.02. The molecule has 22 heavy (non-hydrogen) atoms. The van der Waals surface area contributed by atoms with Crippen LogP contribution in [0.25, 0.3) is 0 Å². The van der Waals surface area contributed by atoms with Crippen LogP contribution in [0.4, 0.5) is 0 Å². The Kier molecular flexibility index (Phi) is 32.7. The number of carboxylic acids is 4. The van der Waals surface area contributed by atoms with Crippen molar-refractivity contribution >= 4 is 58.7 Å². The van der Waals surface area contributed by atoms with Gasteiger partial charge in [0.25, 0.3) is 23.9 Å². The SMILES string of the molecule is CC(=O)O.CC(=O)O.CC(=O)O.CC(=O)O.[CH2]CC(Cl)(Cl)Cl. The van der Waals surface area contributed by atoms with Gasteiger partial charge in [0.15, 0.2) is 3.79 Å². The molecule has 0 rings (SSSR count). The summed E-state index contributed by atoms with van der Waals surface area (Å²) in [6.07, 6.45) is 0.317. The van der Waals surface area contributed by atoms with Crippen molar-refractivity contribution in [2.45, 2.75) is 37.9 Å². The van der Waals surface area contributed by atoms with Crippen LogP contribution in [0.5, 0.6) is 0 Å². The Morgan fingerprint density at radius 2 is 0.773 bits per heavy atom. The molecule has 0 aromatic rings. The van der Waals surface area contributed by atoms with Gasteiger partial charge in [0.2, 0.25) is 0 Å². The van der Waals surface area contributed by atoms with E-state index in [4.69, 9.17) is 74.4 Å². The van der Waals surface area contributed by atoms with E-state index in [0.29, 0.717) is 6.42 Å². The molecule has 0 aliphatic heterocycles. The maximum atomic E-state index is 9.00. The summed E-state index contributed by atoms with van der Waals surface area (Å²) >= 11 is 15.6. The van der Waals surface area contributed by atoms with Crippen LogP contribution in [0.3, 0.4) is 0 Å². The smallest absolute Gasteiger partial charge is 0.300 e. The van der Waals surface area contributed by atoms with E-state index in [1.54, 1.807) is 0 Å². The van der Waals surface area contributed by atoms with Crippen LogP contribution < -0.4 is 0 Å². The molecule has 0 heterocycles. The molecular weight excluding hydrogens is 366 g/mol. The van der Waals surface area contributed by atoms with Gasteiger partial charge >= 0.3 is 0 Å². The molecule has 0 aromatic heterocycles. The molecule has 1 radical (unpaired) electrons. The van der Waals surface area contributed by atoms with Gasteiger partial charge in [-0.25, -0.2) is 0 Å². The van der Waals surface area contributed by atoms with E-state index in [0.717, 1.165) is 27.7 Å². The van der Waals surface area contributed by atoms with Crippen molar-refractivity contribution in [2.75, 3.05) is 0 Å². The van der Waals surface area contributed by atoms with Gasteiger partial charge in [-0.05, 0) is 13.3 Å². The third-order valence-electron chi connectivity index (χ3n) is 0.283. The molecule has 4 N–H and O–H groups in total.